The van der Waals surface area contributed by atoms with E-state index < -0.39 is 0 Å². The summed E-state index contributed by atoms with van der Waals surface area (Å²) in [4.78, 5) is 14.7. The monoisotopic (exact) mass is 322 g/mol. The van der Waals surface area contributed by atoms with Crippen LogP contribution in [0.1, 0.15) is 30.4 Å². The van der Waals surface area contributed by atoms with Gasteiger partial charge in [0, 0.05) is 24.3 Å². The summed E-state index contributed by atoms with van der Waals surface area (Å²) in [6.07, 6.45) is 2.76. The fraction of sp³-hybridized carbons (Fsp3) is 0.350. The molecule has 1 amide bonds. The summed E-state index contributed by atoms with van der Waals surface area (Å²) in [7, 11) is 0. The number of carbonyl (C=O) groups excluding carboxylic acids is 1. The fourth-order valence-corrected chi connectivity index (χ4v) is 4.06. The highest BCUT2D eigenvalue weighted by Gasteiger charge is 2.47. The molecule has 2 heterocycles. The van der Waals surface area contributed by atoms with Crippen molar-refractivity contribution >= 4 is 11.8 Å². The normalized spacial score (nSPS) is 22.1. The van der Waals surface area contributed by atoms with Crippen LogP contribution in [0.3, 0.4) is 0 Å². The molecule has 2 aliphatic heterocycles. The highest BCUT2D eigenvalue weighted by atomic mass is 16.6. The fourth-order valence-electron chi connectivity index (χ4n) is 4.06. The van der Waals surface area contributed by atoms with Crippen LogP contribution in [-0.4, -0.2) is 24.1 Å². The topological polar surface area (TPSA) is 41.6 Å². The van der Waals surface area contributed by atoms with Gasteiger partial charge >= 0.3 is 6.09 Å². The number of nitrogens with zero attached hydrogens (tertiary/aromatic N) is 1. The number of nitrogens with one attached hydrogen (secondary N) is 1. The van der Waals surface area contributed by atoms with Crippen molar-refractivity contribution in [3.8, 4) is 0 Å². The van der Waals surface area contributed by atoms with Crippen LogP contribution in [-0.2, 0) is 16.9 Å². The molecule has 2 aromatic rings. The van der Waals surface area contributed by atoms with Gasteiger partial charge in [0.15, 0.2) is 0 Å². The van der Waals surface area contributed by atoms with Crippen LogP contribution in [0.2, 0.25) is 0 Å². The molecule has 1 spiro atoms. The number of anilines is 1. The maximum absolute atomic E-state index is 12.8. The van der Waals surface area contributed by atoms with Crippen molar-refractivity contribution in [1.29, 1.82) is 0 Å². The minimum atomic E-state index is -0.213. The van der Waals surface area contributed by atoms with Gasteiger partial charge in [0.1, 0.15) is 6.61 Å². The third-order valence-electron chi connectivity index (χ3n) is 5.20. The van der Waals surface area contributed by atoms with E-state index in [0.717, 1.165) is 43.6 Å². The van der Waals surface area contributed by atoms with E-state index in [0.29, 0.717) is 6.61 Å². The summed E-state index contributed by atoms with van der Waals surface area (Å²) in [5.41, 5.74) is 3.18. The Bertz CT molecular complexity index is 731. The lowest BCUT2D eigenvalue weighted by Gasteiger charge is -2.42. The first-order chi connectivity index (χ1) is 11.8. The van der Waals surface area contributed by atoms with Gasteiger partial charge in [-0.25, -0.2) is 4.79 Å². The number of carbonyl (C=O) groups is 1. The number of likely N-dealkylation sites (tertiary alicyclic amines) is 1. The van der Waals surface area contributed by atoms with Crippen LogP contribution >= 0.6 is 0 Å². The van der Waals surface area contributed by atoms with E-state index in [1.807, 2.05) is 41.3 Å². The Morgan fingerprint density at radius 2 is 1.88 bits per heavy atom. The number of hydrogen-bond acceptors (Lipinski definition) is 3. The number of para-hydroxylation sites is 1. The predicted octanol–water partition coefficient (Wildman–Crippen LogP) is 4.13. The Kier molecular flexibility index (Phi) is 3.89. The van der Waals surface area contributed by atoms with Gasteiger partial charge in [-0.3, -0.25) is 4.90 Å². The summed E-state index contributed by atoms with van der Waals surface area (Å²) in [6.45, 7) is 1.98. The maximum atomic E-state index is 12.8. The van der Waals surface area contributed by atoms with Crippen molar-refractivity contribution in [2.45, 2.75) is 31.4 Å². The number of benzene rings is 2. The maximum Gasteiger partial charge on any atom is 0.410 e. The van der Waals surface area contributed by atoms with Crippen LogP contribution in [0.4, 0.5) is 10.5 Å². The standard InChI is InChI=1S/C20H22N2O2/c23-19(24-15-16-7-2-1-3-8-16)22-14-6-11-20(22)12-13-21-18-10-5-4-9-17(18)20/h1-5,7-10,21H,6,11-15H2/t20-/m1/s1. The van der Waals surface area contributed by atoms with Gasteiger partial charge in [-0.05, 0) is 30.9 Å². The van der Waals surface area contributed by atoms with Gasteiger partial charge in [-0.15, -0.1) is 0 Å². The molecular formula is C20H22N2O2. The third kappa shape index (κ3) is 2.52. The van der Waals surface area contributed by atoms with E-state index in [4.69, 9.17) is 4.74 Å². The highest BCUT2D eigenvalue weighted by molar-refractivity contribution is 5.71. The zero-order chi connectivity index (χ0) is 16.4. The van der Waals surface area contributed by atoms with E-state index in [1.54, 1.807) is 0 Å². The van der Waals surface area contributed by atoms with Crippen molar-refractivity contribution in [3.05, 3.63) is 65.7 Å². The smallest absolute Gasteiger partial charge is 0.410 e. The zero-order valence-corrected chi connectivity index (χ0v) is 13.7. The number of hydrogen-bond donors (Lipinski definition) is 1. The second-order valence-electron chi connectivity index (χ2n) is 6.55. The van der Waals surface area contributed by atoms with Gasteiger partial charge < -0.3 is 10.1 Å². The molecule has 0 saturated carbocycles. The number of fused-ring (bicyclic) bond motifs is 2. The molecule has 1 atom stereocenters. The molecule has 0 aromatic heterocycles. The largest absolute Gasteiger partial charge is 0.445 e. The quantitative estimate of drug-likeness (QED) is 0.904. The lowest BCUT2D eigenvalue weighted by Crippen LogP contribution is -2.48. The molecule has 24 heavy (non-hydrogen) atoms. The molecule has 2 aliphatic rings. The molecule has 0 aliphatic carbocycles. The van der Waals surface area contributed by atoms with E-state index >= 15 is 0 Å². The second kappa shape index (κ2) is 6.19. The van der Waals surface area contributed by atoms with Crippen molar-refractivity contribution in [2.75, 3.05) is 18.4 Å². The Morgan fingerprint density at radius 1 is 1.08 bits per heavy atom. The molecule has 1 fully saturated rings. The first-order valence-electron chi connectivity index (χ1n) is 8.61. The minimum Gasteiger partial charge on any atom is -0.445 e. The summed E-state index contributed by atoms with van der Waals surface area (Å²) in [5.74, 6) is 0. The first kappa shape index (κ1) is 15.1. The van der Waals surface area contributed by atoms with E-state index in [9.17, 15) is 4.79 Å². The number of rotatable bonds is 2. The van der Waals surface area contributed by atoms with Gasteiger partial charge in [0.05, 0.1) is 5.54 Å². The second-order valence-corrected chi connectivity index (χ2v) is 6.55. The average molecular weight is 322 g/mol. The summed E-state index contributed by atoms with van der Waals surface area (Å²) < 4.78 is 5.62. The lowest BCUT2D eigenvalue weighted by atomic mass is 9.81. The van der Waals surface area contributed by atoms with Crippen LogP contribution < -0.4 is 5.32 Å². The van der Waals surface area contributed by atoms with Gasteiger partial charge in [-0.1, -0.05) is 48.5 Å². The summed E-state index contributed by atoms with van der Waals surface area (Å²) >= 11 is 0. The minimum absolute atomic E-state index is 0.201. The van der Waals surface area contributed by atoms with Gasteiger partial charge in [-0.2, -0.15) is 0 Å². The SMILES string of the molecule is O=C(OCc1ccccc1)N1CCC[C@]12CCNc1ccccc12. The molecule has 4 rings (SSSR count). The van der Waals surface area contributed by atoms with Gasteiger partial charge in [0.25, 0.3) is 0 Å². The van der Waals surface area contributed by atoms with Crippen LogP contribution in [0.15, 0.2) is 54.6 Å². The molecule has 0 bridgehead atoms. The van der Waals surface area contributed by atoms with Gasteiger partial charge in [0.2, 0.25) is 0 Å². The Labute approximate surface area is 142 Å². The lowest BCUT2D eigenvalue weighted by molar-refractivity contribution is 0.0603. The highest BCUT2D eigenvalue weighted by Crippen LogP contribution is 2.47. The molecular weight excluding hydrogens is 300 g/mol. The Morgan fingerprint density at radius 3 is 2.75 bits per heavy atom. The van der Waals surface area contributed by atoms with Crippen LogP contribution in [0, 0.1) is 0 Å². The van der Waals surface area contributed by atoms with Crippen LogP contribution in [0.5, 0.6) is 0 Å². The number of amides is 1. The Balaban J connectivity index is 1.56. The van der Waals surface area contributed by atoms with E-state index in [-0.39, 0.29) is 11.6 Å². The molecule has 2 aromatic carbocycles. The van der Waals surface area contributed by atoms with Crippen molar-refractivity contribution in [3.63, 3.8) is 0 Å². The Hall–Kier alpha value is -2.49. The summed E-state index contributed by atoms with van der Waals surface area (Å²) in [5, 5.41) is 3.45. The molecule has 4 heteroatoms. The molecule has 1 N–H and O–H groups in total. The summed E-state index contributed by atoms with van der Waals surface area (Å²) in [6, 6.07) is 18.2. The molecule has 0 radical (unpaired) electrons. The van der Waals surface area contributed by atoms with E-state index in [1.165, 1.54) is 5.56 Å². The predicted molar refractivity (Wildman–Crippen MR) is 93.8 cm³/mol. The molecule has 4 nitrogen and oxygen atoms in total. The van der Waals surface area contributed by atoms with Crippen LogP contribution in [0.25, 0.3) is 0 Å². The molecule has 124 valence electrons. The van der Waals surface area contributed by atoms with Crippen molar-refractivity contribution < 1.29 is 9.53 Å². The first-order valence-corrected chi connectivity index (χ1v) is 8.61. The molecule has 0 unspecified atom stereocenters. The number of ether oxygens (including phenoxy) is 1. The van der Waals surface area contributed by atoms with Crippen molar-refractivity contribution in [1.82, 2.24) is 4.90 Å². The zero-order valence-electron chi connectivity index (χ0n) is 13.7. The molecule has 1 saturated heterocycles. The third-order valence-corrected chi connectivity index (χ3v) is 5.20. The van der Waals surface area contributed by atoms with Crippen molar-refractivity contribution in [2.24, 2.45) is 0 Å². The van der Waals surface area contributed by atoms with E-state index in [2.05, 4.69) is 23.5 Å². The average Bonchev–Trinajstić information content (AvgIpc) is 3.05.